The molecule has 3 aromatic heterocycles. The summed E-state index contributed by atoms with van der Waals surface area (Å²) in [6.07, 6.45) is 0.993. The van der Waals surface area contributed by atoms with Gasteiger partial charge in [0.05, 0.1) is 11.9 Å². The van der Waals surface area contributed by atoms with Crippen molar-refractivity contribution in [1.82, 2.24) is 15.3 Å². The number of thiophene rings is 2. The summed E-state index contributed by atoms with van der Waals surface area (Å²) in [5.41, 5.74) is 2.35. The minimum Gasteiger partial charge on any atom is -0.310 e. The minimum absolute atomic E-state index is 0.0310. The molecule has 0 spiro atoms. The Labute approximate surface area is 130 Å². The third-order valence-corrected chi connectivity index (χ3v) is 5.38. The fourth-order valence-electron chi connectivity index (χ4n) is 2.26. The SMILES string of the molecule is Cc1sc2nc(CNCCc3ccsc3)[nH]c(=O)c2c1C. The van der Waals surface area contributed by atoms with Gasteiger partial charge in [-0.05, 0) is 54.8 Å². The van der Waals surface area contributed by atoms with E-state index < -0.39 is 0 Å². The second-order valence-corrected chi connectivity index (χ2v) is 7.02. The van der Waals surface area contributed by atoms with Crippen LogP contribution in [0.1, 0.15) is 21.8 Å². The molecule has 110 valence electrons. The van der Waals surface area contributed by atoms with Crippen molar-refractivity contribution in [3.63, 3.8) is 0 Å². The Kier molecular flexibility index (Phi) is 4.19. The normalized spacial score (nSPS) is 11.3. The predicted octanol–water partition coefficient (Wildman–Crippen LogP) is 3.00. The first-order valence-corrected chi connectivity index (χ1v) is 8.62. The van der Waals surface area contributed by atoms with E-state index in [2.05, 4.69) is 32.1 Å². The molecule has 0 unspecified atom stereocenters. The third kappa shape index (κ3) is 3.07. The van der Waals surface area contributed by atoms with E-state index in [0.29, 0.717) is 12.4 Å². The first-order chi connectivity index (χ1) is 10.1. The van der Waals surface area contributed by atoms with Crippen LogP contribution in [0.2, 0.25) is 0 Å². The van der Waals surface area contributed by atoms with Crippen LogP contribution in [-0.2, 0) is 13.0 Å². The van der Waals surface area contributed by atoms with Gasteiger partial charge in [-0.2, -0.15) is 11.3 Å². The molecule has 0 saturated heterocycles. The number of nitrogens with zero attached hydrogens (tertiary/aromatic N) is 1. The molecule has 0 aliphatic rings. The molecule has 0 fully saturated rings. The highest BCUT2D eigenvalue weighted by Crippen LogP contribution is 2.25. The molecule has 2 N–H and O–H groups in total. The van der Waals surface area contributed by atoms with Gasteiger partial charge in [0, 0.05) is 4.88 Å². The summed E-state index contributed by atoms with van der Waals surface area (Å²) in [5, 5.41) is 8.31. The fraction of sp³-hybridized carbons (Fsp3) is 0.333. The number of fused-ring (bicyclic) bond motifs is 1. The van der Waals surface area contributed by atoms with Gasteiger partial charge in [0.2, 0.25) is 0 Å². The summed E-state index contributed by atoms with van der Waals surface area (Å²) in [6, 6.07) is 2.13. The van der Waals surface area contributed by atoms with E-state index in [1.54, 1.807) is 22.7 Å². The molecular formula is C15H17N3OS2. The van der Waals surface area contributed by atoms with Crippen LogP contribution in [0.5, 0.6) is 0 Å². The van der Waals surface area contributed by atoms with Crippen molar-refractivity contribution < 1.29 is 0 Å². The first-order valence-electron chi connectivity index (χ1n) is 6.86. The lowest BCUT2D eigenvalue weighted by molar-refractivity contribution is 0.661. The van der Waals surface area contributed by atoms with Gasteiger partial charge < -0.3 is 10.3 Å². The lowest BCUT2D eigenvalue weighted by Crippen LogP contribution is -2.21. The highest BCUT2D eigenvalue weighted by atomic mass is 32.1. The summed E-state index contributed by atoms with van der Waals surface area (Å²) >= 11 is 3.30. The van der Waals surface area contributed by atoms with Crippen molar-refractivity contribution in [2.24, 2.45) is 0 Å². The highest BCUT2D eigenvalue weighted by Gasteiger charge is 2.11. The zero-order chi connectivity index (χ0) is 14.8. The molecule has 3 rings (SSSR count). The van der Waals surface area contributed by atoms with E-state index in [-0.39, 0.29) is 5.56 Å². The van der Waals surface area contributed by atoms with Gasteiger partial charge in [-0.25, -0.2) is 4.98 Å². The number of aromatic amines is 1. The average Bonchev–Trinajstić information content (AvgIpc) is 3.04. The Morgan fingerprint density at radius 2 is 2.24 bits per heavy atom. The average molecular weight is 319 g/mol. The molecule has 6 heteroatoms. The Hall–Kier alpha value is -1.50. The third-order valence-electron chi connectivity index (χ3n) is 3.55. The topological polar surface area (TPSA) is 57.8 Å². The molecule has 0 radical (unpaired) electrons. The van der Waals surface area contributed by atoms with Crippen molar-refractivity contribution in [2.45, 2.75) is 26.8 Å². The number of nitrogens with one attached hydrogen (secondary N) is 2. The van der Waals surface area contributed by atoms with Gasteiger partial charge in [-0.3, -0.25) is 4.79 Å². The standard InChI is InChI=1S/C15H17N3OS2/c1-9-10(2)21-15-13(9)14(19)17-12(18-15)7-16-5-3-11-4-6-20-8-11/h4,6,8,16H,3,5,7H2,1-2H3,(H,17,18,19). The molecule has 0 aliphatic heterocycles. The minimum atomic E-state index is -0.0310. The van der Waals surface area contributed by atoms with Crippen molar-refractivity contribution in [3.8, 4) is 0 Å². The molecule has 0 amide bonds. The van der Waals surface area contributed by atoms with Crippen LogP contribution in [-0.4, -0.2) is 16.5 Å². The lowest BCUT2D eigenvalue weighted by atomic mass is 10.2. The molecule has 3 heterocycles. The first kappa shape index (κ1) is 14.4. The van der Waals surface area contributed by atoms with Gasteiger partial charge >= 0.3 is 0 Å². The van der Waals surface area contributed by atoms with E-state index in [9.17, 15) is 4.79 Å². The molecule has 0 saturated carbocycles. The molecular weight excluding hydrogens is 302 g/mol. The van der Waals surface area contributed by atoms with Gasteiger partial charge in [-0.1, -0.05) is 0 Å². The molecule has 0 aliphatic carbocycles. The summed E-state index contributed by atoms with van der Waals surface area (Å²) in [5.74, 6) is 0.707. The van der Waals surface area contributed by atoms with Crippen LogP contribution in [0.4, 0.5) is 0 Å². The van der Waals surface area contributed by atoms with Crippen LogP contribution >= 0.6 is 22.7 Å². The van der Waals surface area contributed by atoms with Gasteiger partial charge in [0.25, 0.3) is 5.56 Å². The van der Waals surface area contributed by atoms with Crippen molar-refractivity contribution in [3.05, 3.63) is 49.0 Å². The Bertz CT molecular complexity index is 802. The Morgan fingerprint density at radius 3 is 3.00 bits per heavy atom. The van der Waals surface area contributed by atoms with Crippen LogP contribution in [0.3, 0.4) is 0 Å². The lowest BCUT2D eigenvalue weighted by Gasteiger charge is -2.03. The largest absolute Gasteiger partial charge is 0.310 e. The summed E-state index contributed by atoms with van der Waals surface area (Å²) in [4.78, 5) is 21.6. The molecule has 21 heavy (non-hydrogen) atoms. The van der Waals surface area contributed by atoms with Crippen molar-refractivity contribution in [1.29, 1.82) is 0 Å². The van der Waals surface area contributed by atoms with Crippen LogP contribution in [0.15, 0.2) is 21.6 Å². The molecule has 3 aromatic rings. The quantitative estimate of drug-likeness (QED) is 0.711. The smallest absolute Gasteiger partial charge is 0.259 e. The maximum absolute atomic E-state index is 12.1. The van der Waals surface area contributed by atoms with Gasteiger partial charge in [0.15, 0.2) is 0 Å². The number of aryl methyl sites for hydroxylation is 2. The maximum atomic E-state index is 12.1. The van der Waals surface area contributed by atoms with Gasteiger partial charge in [0.1, 0.15) is 10.7 Å². The summed E-state index contributed by atoms with van der Waals surface area (Å²) in [7, 11) is 0. The Balaban J connectivity index is 1.68. The molecule has 0 bridgehead atoms. The van der Waals surface area contributed by atoms with E-state index in [1.165, 1.54) is 5.56 Å². The van der Waals surface area contributed by atoms with E-state index in [1.807, 2.05) is 13.8 Å². The van der Waals surface area contributed by atoms with E-state index in [0.717, 1.165) is 33.6 Å². The number of H-pyrrole nitrogens is 1. The van der Waals surface area contributed by atoms with Crippen LogP contribution in [0.25, 0.3) is 10.2 Å². The number of hydrogen-bond acceptors (Lipinski definition) is 5. The Morgan fingerprint density at radius 1 is 1.38 bits per heavy atom. The second-order valence-electron chi connectivity index (χ2n) is 5.03. The molecule has 0 aromatic carbocycles. The second kappa shape index (κ2) is 6.09. The zero-order valence-corrected chi connectivity index (χ0v) is 13.7. The van der Waals surface area contributed by atoms with E-state index in [4.69, 9.17) is 0 Å². The number of aromatic nitrogens is 2. The zero-order valence-electron chi connectivity index (χ0n) is 12.0. The van der Waals surface area contributed by atoms with Crippen molar-refractivity contribution >= 4 is 32.9 Å². The highest BCUT2D eigenvalue weighted by molar-refractivity contribution is 7.18. The maximum Gasteiger partial charge on any atom is 0.259 e. The monoisotopic (exact) mass is 319 g/mol. The van der Waals surface area contributed by atoms with Crippen molar-refractivity contribution in [2.75, 3.05) is 6.54 Å². The number of hydrogen-bond donors (Lipinski definition) is 2. The van der Waals surface area contributed by atoms with Crippen LogP contribution < -0.4 is 10.9 Å². The number of rotatable bonds is 5. The molecule has 0 atom stereocenters. The predicted molar refractivity (Wildman–Crippen MR) is 89.4 cm³/mol. The molecule has 4 nitrogen and oxygen atoms in total. The fourth-order valence-corrected chi connectivity index (χ4v) is 4.01. The van der Waals surface area contributed by atoms with Gasteiger partial charge in [-0.15, -0.1) is 11.3 Å². The summed E-state index contributed by atoms with van der Waals surface area (Å²) in [6.45, 7) is 5.47. The summed E-state index contributed by atoms with van der Waals surface area (Å²) < 4.78 is 0. The van der Waals surface area contributed by atoms with E-state index >= 15 is 0 Å². The van der Waals surface area contributed by atoms with Crippen LogP contribution in [0, 0.1) is 13.8 Å².